The van der Waals surface area contributed by atoms with E-state index in [9.17, 15) is 9.90 Å². The van der Waals surface area contributed by atoms with Crippen molar-refractivity contribution < 1.29 is 9.90 Å². The first-order valence-electron chi connectivity index (χ1n) is 7.90. The zero-order valence-corrected chi connectivity index (χ0v) is 14.0. The monoisotopic (exact) mass is 342 g/mol. The van der Waals surface area contributed by atoms with Gasteiger partial charge in [-0.25, -0.2) is 0 Å². The molecule has 0 heterocycles. The largest absolute Gasteiger partial charge is 0.507 e. The summed E-state index contributed by atoms with van der Waals surface area (Å²) in [6.07, 6.45) is 4.66. The van der Waals surface area contributed by atoms with Crippen LogP contribution in [0.5, 0.6) is 5.75 Å². The highest BCUT2D eigenvalue weighted by Crippen LogP contribution is 2.24. The minimum atomic E-state index is -0.478. The van der Waals surface area contributed by atoms with E-state index in [2.05, 4.69) is 29.6 Å². The molecule has 0 atom stereocenters. The number of nitrogens with one attached hydrogen (secondary N) is 2. The average molecular weight is 343 g/mol. The minimum absolute atomic E-state index is 0.105. The van der Waals surface area contributed by atoms with Crippen LogP contribution in [0.2, 0.25) is 5.02 Å². The lowest BCUT2D eigenvalue weighted by molar-refractivity contribution is 0.0940. The minimum Gasteiger partial charge on any atom is -0.507 e. The predicted molar refractivity (Wildman–Crippen MR) is 95.8 cm³/mol. The van der Waals surface area contributed by atoms with Crippen LogP contribution >= 0.6 is 11.6 Å². The lowest BCUT2D eigenvalue weighted by atomic mass is 9.90. The molecule has 24 heavy (non-hydrogen) atoms. The van der Waals surface area contributed by atoms with Gasteiger partial charge in [-0.05, 0) is 66.6 Å². The van der Waals surface area contributed by atoms with E-state index in [0.29, 0.717) is 10.7 Å². The second-order valence-electron chi connectivity index (χ2n) is 5.91. The topological polar surface area (TPSA) is 61.4 Å². The molecule has 3 rings (SSSR count). The summed E-state index contributed by atoms with van der Waals surface area (Å²) in [5, 5.41) is 10.1. The number of benzene rings is 2. The Hall–Kier alpha value is -2.46. The van der Waals surface area contributed by atoms with E-state index in [1.165, 1.54) is 42.2 Å². The average Bonchev–Trinajstić information content (AvgIpc) is 2.61. The van der Waals surface area contributed by atoms with Gasteiger partial charge in [0.2, 0.25) is 0 Å². The number of carbonyl (C=O) groups excluding carboxylic acids is 1. The van der Waals surface area contributed by atoms with Crippen LogP contribution in [0, 0.1) is 0 Å². The van der Waals surface area contributed by atoms with Gasteiger partial charge in [0, 0.05) is 5.02 Å². The maximum Gasteiger partial charge on any atom is 0.273 e. The van der Waals surface area contributed by atoms with Gasteiger partial charge in [-0.3, -0.25) is 15.6 Å². The molecule has 1 amide bonds. The summed E-state index contributed by atoms with van der Waals surface area (Å²) in [5.41, 5.74) is 9.72. The van der Waals surface area contributed by atoms with E-state index in [1.807, 2.05) is 6.07 Å². The van der Waals surface area contributed by atoms with Crippen LogP contribution in [0.25, 0.3) is 5.70 Å². The van der Waals surface area contributed by atoms with E-state index in [-0.39, 0.29) is 11.3 Å². The first-order valence-corrected chi connectivity index (χ1v) is 8.28. The number of phenols is 1. The molecular formula is C19H19ClN2O2. The van der Waals surface area contributed by atoms with Crippen LogP contribution in [0.4, 0.5) is 0 Å². The number of hydrogen-bond acceptors (Lipinski definition) is 3. The van der Waals surface area contributed by atoms with Crippen molar-refractivity contribution in [2.75, 3.05) is 0 Å². The molecule has 1 aliphatic carbocycles. The molecular weight excluding hydrogens is 324 g/mol. The molecule has 4 nitrogen and oxygen atoms in total. The smallest absolute Gasteiger partial charge is 0.273 e. The van der Waals surface area contributed by atoms with Crippen molar-refractivity contribution in [1.82, 2.24) is 10.9 Å². The number of phenolic OH excluding ortho intramolecular Hbond substituents is 1. The summed E-state index contributed by atoms with van der Waals surface area (Å²) in [5.74, 6) is -0.604. The summed E-state index contributed by atoms with van der Waals surface area (Å²) in [6.45, 7) is 3.97. The molecule has 3 N–H and O–H groups in total. The summed E-state index contributed by atoms with van der Waals surface area (Å²) < 4.78 is 0. The quantitative estimate of drug-likeness (QED) is 0.740. The molecule has 2 aromatic rings. The number of carbonyl (C=O) groups is 1. The fourth-order valence-corrected chi connectivity index (χ4v) is 3.06. The van der Waals surface area contributed by atoms with E-state index in [0.717, 1.165) is 18.4 Å². The van der Waals surface area contributed by atoms with Crippen LogP contribution in [0.15, 0.2) is 43.0 Å². The predicted octanol–water partition coefficient (Wildman–Crippen LogP) is 3.83. The Morgan fingerprint density at radius 3 is 2.58 bits per heavy atom. The third-order valence-electron chi connectivity index (χ3n) is 4.23. The molecule has 1 aliphatic rings. The van der Waals surface area contributed by atoms with Crippen molar-refractivity contribution in [2.24, 2.45) is 0 Å². The van der Waals surface area contributed by atoms with E-state index in [1.54, 1.807) is 0 Å². The molecule has 2 aromatic carbocycles. The van der Waals surface area contributed by atoms with Gasteiger partial charge in [0.15, 0.2) is 0 Å². The van der Waals surface area contributed by atoms with Gasteiger partial charge >= 0.3 is 0 Å². The van der Waals surface area contributed by atoms with Crippen molar-refractivity contribution >= 4 is 23.2 Å². The molecule has 0 bridgehead atoms. The maximum atomic E-state index is 12.2. The third kappa shape index (κ3) is 3.54. The van der Waals surface area contributed by atoms with Gasteiger partial charge in [-0.15, -0.1) is 0 Å². The van der Waals surface area contributed by atoms with Crippen molar-refractivity contribution in [2.45, 2.75) is 25.7 Å². The molecule has 0 spiro atoms. The van der Waals surface area contributed by atoms with Gasteiger partial charge in [-0.1, -0.05) is 30.3 Å². The number of aromatic hydroxyl groups is 1. The molecule has 0 aliphatic heterocycles. The Morgan fingerprint density at radius 1 is 1.04 bits per heavy atom. The highest BCUT2D eigenvalue weighted by Gasteiger charge is 2.13. The zero-order chi connectivity index (χ0) is 17.1. The molecule has 0 saturated heterocycles. The lowest BCUT2D eigenvalue weighted by Crippen LogP contribution is -2.35. The number of rotatable bonds is 4. The van der Waals surface area contributed by atoms with Crippen LogP contribution in [-0.4, -0.2) is 11.0 Å². The van der Waals surface area contributed by atoms with Crippen molar-refractivity contribution in [3.63, 3.8) is 0 Å². The first kappa shape index (κ1) is 16.4. The SMILES string of the molecule is C=C(NNC(=O)c1cc(Cl)ccc1O)c1ccc2c(c1)CCCC2. The van der Waals surface area contributed by atoms with Gasteiger partial charge in [0.1, 0.15) is 5.75 Å². The zero-order valence-electron chi connectivity index (χ0n) is 13.2. The van der Waals surface area contributed by atoms with Crippen LogP contribution < -0.4 is 10.9 Å². The Kier molecular flexibility index (Phi) is 4.76. The van der Waals surface area contributed by atoms with Crippen LogP contribution in [-0.2, 0) is 12.8 Å². The number of fused-ring (bicyclic) bond motifs is 1. The van der Waals surface area contributed by atoms with Gasteiger partial charge in [0.25, 0.3) is 5.91 Å². The summed E-state index contributed by atoms with van der Waals surface area (Å²) in [6, 6.07) is 10.6. The van der Waals surface area contributed by atoms with Crippen LogP contribution in [0.3, 0.4) is 0 Å². The Morgan fingerprint density at radius 2 is 1.79 bits per heavy atom. The number of hydrazine groups is 1. The van der Waals surface area contributed by atoms with Gasteiger partial charge in [0.05, 0.1) is 11.3 Å². The van der Waals surface area contributed by atoms with Gasteiger partial charge < -0.3 is 5.11 Å². The molecule has 0 radical (unpaired) electrons. The summed E-state index contributed by atoms with van der Waals surface area (Å²) in [7, 11) is 0. The lowest BCUT2D eigenvalue weighted by Gasteiger charge is -2.18. The molecule has 0 fully saturated rings. The molecule has 5 heteroatoms. The second-order valence-corrected chi connectivity index (χ2v) is 6.35. The van der Waals surface area contributed by atoms with Crippen molar-refractivity contribution in [1.29, 1.82) is 0 Å². The third-order valence-corrected chi connectivity index (χ3v) is 4.46. The molecule has 0 saturated carbocycles. The standard InChI is InChI=1S/C19H19ClN2O2/c1-12(14-7-6-13-4-2-3-5-15(13)10-14)21-22-19(24)17-11-16(20)8-9-18(17)23/h6-11,21,23H,1-5H2,(H,22,24). The second kappa shape index (κ2) is 6.97. The molecule has 124 valence electrons. The Balaban J connectivity index is 1.67. The number of halogens is 1. The van der Waals surface area contributed by atoms with E-state index >= 15 is 0 Å². The fourth-order valence-electron chi connectivity index (χ4n) is 2.88. The Labute approximate surface area is 146 Å². The summed E-state index contributed by atoms with van der Waals surface area (Å²) in [4.78, 5) is 12.2. The van der Waals surface area contributed by atoms with E-state index < -0.39 is 5.91 Å². The molecule has 0 aromatic heterocycles. The number of hydrogen-bond donors (Lipinski definition) is 3. The van der Waals surface area contributed by atoms with E-state index in [4.69, 9.17) is 11.6 Å². The molecule has 0 unspecified atom stereocenters. The highest BCUT2D eigenvalue weighted by atomic mass is 35.5. The van der Waals surface area contributed by atoms with Gasteiger partial charge in [-0.2, -0.15) is 0 Å². The number of amides is 1. The van der Waals surface area contributed by atoms with Crippen LogP contribution in [0.1, 0.15) is 39.9 Å². The number of aryl methyl sites for hydroxylation is 2. The van der Waals surface area contributed by atoms with Crippen molar-refractivity contribution in [3.8, 4) is 5.75 Å². The first-order chi connectivity index (χ1) is 11.5. The van der Waals surface area contributed by atoms with Crippen molar-refractivity contribution in [3.05, 3.63) is 70.3 Å². The summed E-state index contributed by atoms with van der Waals surface area (Å²) >= 11 is 5.86. The Bertz CT molecular complexity index is 802. The maximum absolute atomic E-state index is 12.2. The normalized spacial score (nSPS) is 13.0. The highest BCUT2D eigenvalue weighted by molar-refractivity contribution is 6.31. The fraction of sp³-hybridized carbons (Fsp3) is 0.211.